The van der Waals surface area contributed by atoms with Gasteiger partial charge in [0, 0.05) is 75.4 Å². The highest BCUT2D eigenvalue weighted by Gasteiger charge is 2.40. The molecule has 8 rings (SSSR count). The summed E-state index contributed by atoms with van der Waals surface area (Å²) in [6.45, 7) is 2.30. The number of nitrogens with zero attached hydrogens (tertiary/aromatic N) is 7. The number of ether oxygens (including phenoxy) is 1. The molecule has 3 atom stereocenters. The minimum atomic E-state index is -0.437. The van der Waals surface area contributed by atoms with Crippen LogP contribution in [0.25, 0.3) is 21.8 Å². The first-order chi connectivity index (χ1) is 25.6. The van der Waals surface area contributed by atoms with Gasteiger partial charge in [0.25, 0.3) is 11.5 Å². The van der Waals surface area contributed by atoms with E-state index in [1.165, 1.54) is 11.6 Å². The molecule has 2 aromatic carbocycles. The summed E-state index contributed by atoms with van der Waals surface area (Å²) in [5.74, 6) is 0.284. The van der Waals surface area contributed by atoms with Crippen molar-refractivity contribution in [3.63, 3.8) is 0 Å². The third kappa shape index (κ3) is 6.38. The van der Waals surface area contributed by atoms with Gasteiger partial charge in [0.05, 0.1) is 28.8 Å². The van der Waals surface area contributed by atoms with Crippen LogP contribution in [0.15, 0.2) is 53.5 Å². The fourth-order valence-corrected chi connectivity index (χ4v) is 8.06. The molecule has 3 unspecified atom stereocenters. The second-order valence-corrected chi connectivity index (χ2v) is 14.3. The summed E-state index contributed by atoms with van der Waals surface area (Å²) in [7, 11) is 5.06. The van der Waals surface area contributed by atoms with E-state index in [1.54, 1.807) is 19.3 Å². The first kappa shape index (κ1) is 34.4. The number of hydrogen-bond acceptors (Lipinski definition) is 11. The lowest BCUT2D eigenvalue weighted by Gasteiger charge is -2.39. The number of fused-ring (bicyclic) bond motifs is 3. The molecular formula is C37H39ClN10O5. The number of pyridine rings is 1. The molecule has 0 bridgehead atoms. The Balaban J connectivity index is 0.972. The van der Waals surface area contributed by atoms with Crippen molar-refractivity contribution in [2.24, 2.45) is 20.0 Å². The topological polar surface area (TPSA) is 169 Å². The lowest BCUT2D eigenvalue weighted by molar-refractivity contribution is -0.134. The van der Waals surface area contributed by atoms with Crippen LogP contribution in [0.1, 0.15) is 37.3 Å². The molecule has 3 saturated heterocycles. The summed E-state index contributed by atoms with van der Waals surface area (Å²) in [5.41, 5.74) is 3.86. The normalized spacial score (nSPS) is 20.1. The summed E-state index contributed by atoms with van der Waals surface area (Å²) in [6.07, 6.45) is 4.32. The van der Waals surface area contributed by atoms with E-state index in [4.69, 9.17) is 26.4 Å². The fourth-order valence-electron chi connectivity index (χ4n) is 7.92. The third-order valence-corrected chi connectivity index (χ3v) is 11.0. The molecule has 274 valence electrons. The smallest absolute Gasteiger partial charge is 0.293 e. The highest BCUT2D eigenvalue weighted by molar-refractivity contribution is 6.33. The maximum Gasteiger partial charge on any atom is 0.293 e. The number of rotatable bonds is 8. The van der Waals surface area contributed by atoms with Gasteiger partial charge in [0.2, 0.25) is 17.8 Å². The summed E-state index contributed by atoms with van der Waals surface area (Å²) in [4.78, 5) is 63.1. The first-order valence-electron chi connectivity index (χ1n) is 17.7. The molecule has 3 aliphatic rings. The molecule has 3 N–H and O–H groups in total. The summed E-state index contributed by atoms with van der Waals surface area (Å²) >= 11 is 6.61. The minimum Gasteiger partial charge on any atom is -0.478 e. The van der Waals surface area contributed by atoms with Crippen LogP contribution in [0.2, 0.25) is 5.02 Å². The van der Waals surface area contributed by atoms with Gasteiger partial charge in [-0.05, 0) is 67.6 Å². The Morgan fingerprint density at radius 2 is 1.89 bits per heavy atom. The summed E-state index contributed by atoms with van der Waals surface area (Å²) in [6, 6.07) is 13.8. The second-order valence-electron chi connectivity index (χ2n) is 13.9. The molecule has 16 heteroatoms. The van der Waals surface area contributed by atoms with Crippen LogP contribution in [-0.2, 0) is 28.5 Å². The van der Waals surface area contributed by atoms with Gasteiger partial charge in [-0.1, -0.05) is 11.6 Å². The van der Waals surface area contributed by atoms with Gasteiger partial charge < -0.3 is 29.7 Å². The predicted octanol–water partition coefficient (Wildman–Crippen LogP) is 3.36. The van der Waals surface area contributed by atoms with Crippen molar-refractivity contribution in [1.82, 2.24) is 34.9 Å². The van der Waals surface area contributed by atoms with E-state index in [1.807, 2.05) is 29.9 Å². The maximum absolute atomic E-state index is 12.8. The number of halogens is 1. The number of amides is 3. The van der Waals surface area contributed by atoms with E-state index in [0.29, 0.717) is 52.4 Å². The molecule has 3 aliphatic heterocycles. The standard InChI is InChI=1S/C37H39ClN10O5/c1-39-32(50)19-53-30-15-21-14-22(4-8-27(21)45(2)36(30)52)41-34-26(38)17-40-37(43-34)48-13-10-20-18-47(12-11-28(20)48)23-5-6-24-29(16-23)46(3)44-33(24)25-7-9-31(49)42-35(25)51/h4-6,8,14-17,20,25,28H,7,9-13,18-19H2,1-3H3,(H,39,50)(H,40,41,43)(H,42,49,51). The Labute approximate surface area is 309 Å². The molecule has 0 spiro atoms. The molecule has 3 amide bonds. The molecule has 53 heavy (non-hydrogen) atoms. The fraction of sp³-hybridized carbons (Fsp3) is 0.378. The van der Waals surface area contributed by atoms with Crippen molar-refractivity contribution >= 4 is 74.3 Å². The minimum absolute atomic E-state index is 0.0779. The van der Waals surface area contributed by atoms with Crippen molar-refractivity contribution in [1.29, 1.82) is 0 Å². The molecule has 5 aromatic rings. The van der Waals surface area contributed by atoms with E-state index in [2.05, 4.69) is 48.9 Å². The highest BCUT2D eigenvalue weighted by atomic mass is 35.5. The number of likely N-dealkylation sites (N-methyl/N-ethyl adjacent to an activating group) is 1. The monoisotopic (exact) mass is 738 g/mol. The average Bonchev–Trinajstić information content (AvgIpc) is 3.73. The molecule has 0 radical (unpaired) electrons. The van der Waals surface area contributed by atoms with Crippen molar-refractivity contribution in [2.75, 3.05) is 48.4 Å². The van der Waals surface area contributed by atoms with Crippen LogP contribution in [-0.4, -0.2) is 81.4 Å². The number of hydrogen-bond donors (Lipinski definition) is 3. The van der Waals surface area contributed by atoms with Gasteiger partial charge in [-0.2, -0.15) is 10.1 Å². The Hall–Kier alpha value is -5.70. The average molecular weight is 739 g/mol. The Morgan fingerprint density at radius 3 is 2.70 bits per heavy atom. The van der Waals surface area contributed by atoms with Crippen molar-refractivity contribution in [3.05, 3.63) is 69.7 Å². The summed E-state index contributed by atoms with van der Waals surface area (Å²) < 4.78 is 8.83. The lowest BCUT2D eigenvalue weighted by Crippen LogP contribution is -2.46. The Morgan fingerprint density at radius 1 is 1.04 bits per heavy atom. The predicted molar refractivity (Wildman–Crippen MR) is 201 cm³/mol. The van der Waals surface area contributed by atoms with Crippen LogP contribution in [0.5, 0.6) is 5.75 Å². The van der Waals surface area contributed by atoms with Crippen LogP contribution in [0.4, 0.5) is 23.1 Å². The molecule has 3 fully saturated rings. The van der Waals surface area contributed by atoms with Gasteiger partial charge >= 0.3 is 0 Å². The summed E-state index contributed by atoms with van der Waals surface area (Å²) in [5, 5.41) is 15.0. The number of nitrogens with one attached hydrogen (secondary N) is 3. The second kappa shape index (κ2) is 13.7. The van der Waals surface area contributed by atoms with Gasteiger partial charge in [-0.15, -0.1) is 0 Å². The first-order valence-corrected chi connectivity index (χ1v) is 18.0. The van der Waals surface area contributed by atoms with Gasteiger partial charge in [-0.3, -0.25) is 29.2 Å². The van der Waals surface area contributed by atoms with E-state index < -0.39 is 5.92 Å². The highest BCUT2D eigenvalue weighted by Crippen LogP contribution is 2.38. The zero-order chi connectivity index (χ0) is 37.0. The molecular weight excluding hydrogens is 700 g/mol. The van der Waals surface area contributed by atoms with E-state index in [0.717, 1.165) is 54.5 Å². The molecule has 15 nitrogen and oxygen atoms in total. The van der Waals surface area contributed by atoms with Gasteiger partial charge in [-0.25, -0.2) is 4.98 Å². The molecule has 6 heterocycles. The van der Waals surface area contributed by atoms with E-state index in [9.17, 15) is 19.2 Å². The number of piperidine rings is 2. The Bertz CT molecular complexity index is 2360. The van der Waals surface area contributed by atoms with Crippen LogP contribution < -0.4 is 36.0 Å². The third-order valence-electron chi connectivity index (χ3n) is 10.7. The number of carbonyl (C=O) groups excluding carboxylic acids is 3. The van der Waals surface area contributed by atoms with Crippen LogP contribution in [0.3, 0.4) is 0 Å². The van der Waals surface area contributed by atoms with Crippen LogP contribution >= 0.6 is 11.6 Å². The number of anilines is 4. The number of imide groups is 1. The van der Waals surface area contributed by atoms with Crippen molar-refractivity contribution < 1.29 is 19.1 Å². The maximum atomic E-state index is 12.8. The number of aromatic nitrogens is 5. The lowest BCUT2D eigenvalue weighted by atomic mass is 9.91. The number of aryl methyl sites for hydroxylation is 2. The largest absolute Gasteiger partial charge is 0.478 e. The van der Waals surface area contributed by atoms with Crippen molar-refractivity contribution in [2.45, 2.75) is 37.6 Å². The zero-order valence-corrected chi connectivity index (χ0v) is 30.3. The number of benzene rings is 2. The van der Waals surface area contributed by atoms with Crippen LogP contribution in [0, 0.1) is 5.92 Å². The van der Waals surface area contributed by atoms with Gasteiger partial charge in [0.1, 0.15) is 5.02 Å². The Kier molecular flexibility index (Phi) is 8.88. The van der Waals surface area contributed by atoms with Gasteiger partial charge in [0.15, 0.2) is 18.2 Å². The van der Waals surface area contributed by atoms with E-state index in [-0.39, 0.29) is 41.7 Å². The van der Waals surface area contributed by atoms with Crippen molar-refractivity contribution in [3.8, 4) is 5.75 Å². The number of carbonyl (C=O) groups is 3. The quantitative estimate of drug-likeness (QED) is 0.200. The SMILES string of the molecule is CNC(=O)COc1cc2cc(Nc3nc(N4CCC5CN(c6ccc7c(C8CCC(=O)NC8=O)nn(C)c7c6)CCC54)ncc3Cl)ccc2n(C)c1=O. The zero-order valence-electron chi connectivity index (χ0n) is 29.6. The molecule has 0 saturated carbocycles. The van der Waals surface area contributed by atoms with E-state index >= 15 is 0 Å². The molecule has 3 aromatic heterocycles. The molecule has 0 aliphatic carbocycles.